The van der Waals surface area contributed by atoms with Gasteiger partial charge in [0, 0.05) is 19.0 Å². The first-order valence-electron chi connectivity index (χ1n) is 6.58. The van der Waals surface area contributed by atoms with E-state index in [2.05, 4.69) is 10.4 Å². The average Bonchev–Trinajstić information content (AvgIpc) is 3.18. The molecule has 1 aliphatic rings. The van der Waals surface area contributed by atoms with E-state index in [9.17, 15) is 0 Å². The number of nitrogens with zero attached hydrogens (tertiary/aromatic N) is 2. The third-order valence-electron chi connectivity index (χ3n) is 3.31. The molecule has 0 amide bonds. The van der Waals surface area contributed by atoms with Crippen molar-refractivity contribution < 1.29 is 0 Å². The molecule has 3 rings (SSSR count). The summed E-state index contributed by atoms with van der Waals surface area (Å²) in [4.78, 5) is 0. The van der Waals surface area contributed by atoms with Crippen LogP contribution >= 0.6 is 11.6 Å². The van der Waals surface area contributed by atoms with Gasteiger partial charge in [-0.25, -0.2) is 4.68 Å². The van der Waals surface area contributed by atoms with E-state index in [0.717, 1.165) is 22.9 Å². The lowest BCUT2D eigenvalue weighted by atomic mass is 10.2. The minimum atomic E-state index is 0.582. The second-order valence-corrected chi connectivity index (χ2v) is 5.20. The predicted octanol–water partition coefficient (Wildman–Crippen LogP) is 2.77. The first-order valence-corrected chi connectivity index (χ1v) is 6.96. The highest BCUT2D eigenvalue weighted by Gasteiger charge is 2.31. The summed E-state index contributed by atoms with van der Waals surface area (Å²) in [5.41, 5.74) is 8.79. The Balaban J connectivity index is 2.02. The molecule has 0 radical (unpaired) electrons. The van der Waals surface area contributed by atoms with E-state index >= 15 is 0 Å². The number of aromatic nitrogens is 2. The van der Waals surface area contributed by atoms with Crippen LogP contribution in [0.1, 0.15) is 24.5 Å². The molecule has 100 valence electrons. The van der Waals surface area contributed by atoms with Crippen LogP contribution in [0.2, 0.25) is 5.02 Å². The van der Waals surface area contributed by atoms with Crippen LogP contribution in [-0.4, -0.2) is 22.9 Å². The Morgan fingerprint density at radius 3 is 2.84 bits per heavy atom. The van der Waals surface area contributed by atoms with Crippen molar-refractivity contribution in [3.05, 3.63) is 41.2 Å². The van der Waals surface area contributed by atoms with Crippen LogP contribution in [0.15, 0.2) is 30.5 Å². The Morgan fingerprint density at radius 2 is 2.16 bits per heavy atom. The summed E-state index contributed by atoms with van der Waals surface area (Å²) < 4.78 is 1.96. The highest BCUT2D eigenvalue weighted by molar-refractivity contribution is 6.32. The molecule has 0 unspecified atom stereocenters. The molecule has 1 saturated carbocycles. The molecule has 0 spiro atoms. The zero-order valence-corrected chi connectivity index (χ0v) is 11.4. The molecular weight excluding hydrogens is 260 g/mol. The normalized spacial score (nSPS) is 14.6. The molecule has 1 aromatic heterocycles. The first-order chi connectivity index (χ1) is 9.31. The van der Waals surface area contributed by atoms with Crippen molar-refractivity contribution in [1.82, 2.24) is 9.78 Å². The number of halogens is 1. The Hall–Kier alpha value is -1.52. The van der Waals surface area contributed by atoms with E-state index in [4.69, 9.17) is 17.3 Å². The number of anilines is 1. The second-order valence-electron chi connectivity index (χ2n) is 4.80. The lowest BCUT2D eigenvalue weighted by Gasteiger charge is -2.11. The number of para-hydroxylation sites is 1. The van der Waals surface area contributed by atoms with Crippen molar-refractivity contribution in [1.29, 1.82) is 0 Å². The fraction of sp³-hybridized carbons (Fsp3) is 0.357. The van der Waals surface area contributed by atoms with Crippen molar-refractivity contribution in [2.75, 3.05) is 18.4 Å². The molecule has 2 aromatic rings. The van der Waals surface area contributed by atoms with Crippen molar-refractivity contribution in [3.63, 3.8) is 0 Å². The van der Waals surface area contributed by atoms with E-state index in [-0.39, 0.29) is 0 Å². The number of rotatable bonds is 5. The van der Waals surface area contributed by atoms with E-state index in [1.165, 1.54) is 18.5 Å². The lowest BCUT2D eigenvalue weighted by molar-refractivity contribution is 0.808. The van der Waals surface area contributed by atoms with Crippen LogP contribution in [0.3, 0.4) is 0 Å². The van der Waals surface area contributed by atoms with Gasteiger partial charge in [0.15, 0.2) is 0 Å². The molecule has 0 bridgehead atoms. The molecule has 3 N–H and O–H groups in total. The van der Waals surface area contributed by atoms with Gasteiger partial charge in [0.2, 0.25) is 0 Å². The van der Waals surface area contributed by atoms with Gasteiger partial charge in [-0.1, -0.05) is 23.7 Å². The van der Waals surface area contributed by atoms with Gasteiger partial charge in [-0.3, -0.25) is 0 Å². The fourth-order valence-corrected chi connectivity index (χ4v) is 2.48. The molecule has 1 aliphatic carbocycles. The van der Waals surface area contributed by atoms with Crippen LogP contribution in [0.25, 0.3) is 5.69 Å². The van der Waals surface area contributed by atoms with Crippen molar-refractivity contribution in [2.45, 2.75) is 18.8 Å². The molecule has 5 heteroatoms. The van der Waals surface area contributed by atoms with Gasteiger partial charge in [-0.15, -0.1) is 0 Å². The molecular formula is C14H17ClN4. The zero-order chi connectivity index (χ0) is 13.2. The summed E-state index contributed by atoms with van der Waals surface area (Å²) in [5.74, 6) is 0.582. The topological polar surface area (TPSA) is 55.9 Å². The molecule has 1 fully saturated rings. The highest BCUT2D eigenvalue weighted by atomic mass is 35.5. The monoisotopic (exact) mass is 276 g/mol. The van der Waals surface area contributed by atoms with Crippen molar-refractivity contribution in [2.24, 2.45) is 5.73 Å². The molecule has 4 nitrogen and oxygen atoms in total. The minimum Gasteiger partial charge on any atom is -0.381 e. The number of nitrogens with two attached hydrogens (primary N) is 1. The molecule has 1 aromatic carbocycles. The standard InChI is InChI=1S/C14H17ClN4/c15-11-3-1-2-4-13(11)19-14(10-5-6-10)12(9-18-19)17-8-7-16/h1-4,9-10,17H,5-8,16H2. The summed E-state index contributed by atoms with van der Waals surface area (Å²) >= 11 is 6.27. The molecule has 0 aliphatic heterocycles. The van der Waals surface area contributed by atoms with E-state index in [1.807, 2.05) is 35.1 Å². The van der Waals surface area contributed by atoms with Crippen molar-refractivity contribution >= 4 is 17.3 Å². The Labute approximate surface area is 117 Å². The summed E-state index contributed by atoms with van der Waals surface area (Å²) in [7, 11) is 0. The van der Waals surface area contributed by atoms with Gasteiger partial charge in [0.1, 0.15) is 0 Å². The highest BCUT2D eigenvalue weighted by Crippen LogP contribution is 2.44. The van der Waals surface area contributed by atoms with Gasteiger partial charge in [0.25, 0.3) is 0 Å². The van der Waals surface area contributed by atoms with Crippen molar-refractivity contribution in [3.8, 4) is 5.69 Å². The third-order valence-corrected chi connectivity index (χ3v) is 3.63. The Bertz CT molecular complexity index is 575. The minimum absolute atomic E-state index is 0.582. The van der Waals surface area contributed by atoms with Gasteiger partial charge < -0.3 is 11.1 Å². The Kier molecular flexibility index (Phi) is 3.44. The number of nitrogens with one attached hydrogen (secondary N) is 1. The summed E-state index contributed by atoms with van der Waals surface area (Å²) in [6.45, 7) is 1.37. The van der Waals surface area contributed by atoms with Crippen LogP contribution in [-0.2, 0) is 0 Å². The number of hydrogen-bond acceptors (Lipinski definition) is 3. The van der Waals surface area contributed by atoms with Gasteiger partial charge in [-0.05, 0) is 25.0 Å². The molecule has 1 heterocycles. The third kappa shape index (κ3) is 2.46. The van der Waals surface area contributed by atoms with Crippen LogP contribution in [0, 0.1) is 0 Å². The van der Waals surface area contributed by atoms with Crippen LogP contribution < -0.4 is 11.1 Å². The largest absolute Gasteiger partial charge is 0.381 e. The maximum atomic E-state index is 6.27. The number of hydrogen-bond donors (Lipinski definition) is 2. The summed E-state index contributed by atoms with van der Waals surface area (Å²) in [6, 6.07) is 7.79. The maximum Gasteiger partial charge on any atom is 0.0835 e. The van der Waals surface area contributed by atoms with E-state index in [1.54, 1.807) is 0 Å². The molecule has 0 atom stereocenters. The first kappa shape index (κ1) is 12.5. The zero-order valence-electron chi connectivity index (χ0n) is 10.6. The SMILES string of the molecule is NCCNc1cnn(-c2ccccc2Cl)c1C1CC1. The van der Waals surface area contributed by atoms with Gasteiger partial charge in [-0.2, -0.15) is 5.10 Å². The summed E-state index contributed by atoms with van der Waals surface area (Å²) in [6.07, 6.45) is 4.30. The van der Waals surface area contributed by atoms with Gasteiger partial charge >= 0.3 is 0 Å². The smallest absolute Gasteiger partial charge is 0.0835 e. The lowest BCUT2D eigenvalue weighted by Crippen LogP contribution is -2.14. The fourth-order valence-electron chi connectivity index (χ4n) is 2.27. The number of benzene rings is 1. The van der Waals surface area contributed by atoms with E-state index in [0.29, 0.717) is 12.5 Å². The molecule has 0 saturated heterocycles. The molecule has 19 heavy (non-hydrogen) atoms. The second kappa shape index (κ2) is 5.23. The van der Waals surface area contributed by atoms with Crippen LogP contribution in [0.4, 0.5) is 5.69 Å². The van der Waals surface area contributed by atoms with E-state index < -0.39 is 0 Å². The van der Waals surface area contributed by atoms with Crippen LogP contribution in [0.5, 0.6) is 0 Å². The quantitative estimate of drug-likeness (QED) is 0.883. The maximum absolute atomic E-state index is 6.27. The summed E-state index contributed by atoms with van der Waals surface area (Å²) in [5, 5.41) is 8.55. The average molecular weight is 277 g/mol. The Morgan fingerprint density at radius 1 is 1.37 bits per heavy atom. The predicted molar refractivity (Wildman–Crippen MR) is 78.1 cm³/mol. The van der Waals surface area contributed by atoms with Gasteiger partial charge in [0.05, 0.1) is 28.3 Å².